The molecule has 0 saturated carbocycles. The van der Waals surface area contributed by atoms with Gasteiger partial charge in [-0.2, -0.15) is 10.5 Å². The Hall–Kier alpha value is -4.95. The minimum atomic E-state index is -0.964. The van der Waals surface area contributed by atoms with Gasteiger partial charge in [-0.1, -0.05) is 42.5 Å². The average molecular weight is 450 g/mol. The molecular formula is C26H18N4O4. The number of ether oxygens (including phenoxy) is 2. The van der Waals surface area contributed by atoms with Crippen LogP contribution in [0.15, 0.2) is 72.9 Å². The second kappa shape index (κ2) is 9.68. The number of nitriles is 2. The van der Waals surface area contributed by atoms with Gasteiger partial charge in [0.2, 0.25) is 0 Å². The van der Waals surface area contributed by atoms with Crippen molar-refractivity contribution in [2.24, 2.45) is 0 Å². The van der Waals surface area contributed by atoms with Crippen LogP contribution in [0.4, 0.5) is 5.69 Å². The largest absolute Gasteiger partial charge is 0.493 e. The summed E-state index contributed by atoms with van der Waals surface area (Å²) in [5.41, 5.74) is 2.16. The molecule has 0 N–H and O–H groups in total. The van der Waals surface area contributed by atoms with Gasteiger partial charge >= 0.3 is 0 Å². The van der Waals surface area contributed by atoms with Crippen molar-refractivity contribution in [2.75, 3.05) is 7.11 Å². The van der Waals surface area contributed by atoms with Crippen molar-refractivity contribution in [3.05, 3.63) is 105 Å². The van der Waals surface area contributed by atoms with Crippen molar-refractivity contribution < 1.29 is 14.4 Å². The molecule has 1 aromatic heterocycles. The second-order valence-electron chi connectivity index (χ2n) is 7.38. The van der Waals surface area contributed by atoms with Crippen LogP contribution in [0.5, 0.6) is 11.5 Å². The Morgan fingerprint density at radius 3 is 2.41 bits per heavy atom. The van der Waals surface area contributed by atoms with Gasteiger partial charge in [-0.15, -0.1) is 0 Å². The number of hydrogen-bond donors (Lipinski definition) is 0. The Bertz CT molecular complexity index is 1440. The molecule has 0 saturated heterocycles. The quantitative estimate of drug-likeness (QED) is 0.278. The average Bonchev–Trinajstić information content (AvgIpc) is 2.88. The minimum absolute atomic E-state index is 0.203. The molecule has 0 amide bonds. The summed E-state index contributed by atoms with van der Waals surface area (Å²) in [4.78, 5) is 15.7. The molecule has 4 aromatic rings. The van der Waals surface area contributed by atoms with E-state index in [1.807, 2.05) is 36.4 Å². The number of nitrogens with zero attached hydrogens (tertiary/aromatic N) is 4. The Balaban J connectivity index is 1.91. The van der Waals surface area contributed by atoms with E-state index in [0.717, 1.165) is 11.8 Å². The number of methoxy groups -OCH3 is 1. The van der Waals surface area contributed by atoms with E-state index < -0.39 is 10.8 Å². The van der Waals surface area contributed by atoms with Crippen molar-refractivity contribution >= 4 is 16.6 Å². The number of benzene rings is 3. The Morgan fingerprint density at radius 1 is 1.06 bits per heavy atom. The van der Waals surface area contributed by atoms with Crippen molar-refractivity contribution in [1.29, 1.82) is 10.5 Å². The molecule has 4 rings (SSSR count). The predicted octanol–water partition coefficient (Wildman–Crippen LogP) is 5.26. The van der Waals surface area contributed by atoms with Crippen molar-refractivity contribution in [2.45, 2.75) is 12.5 Å². The zero-order valence-corrected chi connectivity index (χ0v) is 18.1. The van der Waals surface area contributed by atoms with E-state index in [-0.39, 0.29) is 17.9 Å². The van der Waals surface area contributed by atoms with Crippen molar-refractivity contribution in [3.8, 4) is 23.6 Å². The zero-order valence-electron chi connectivity index (χ0n) is 18.1. The summed E-state index contributed by atoms with van der Waals surface area (Å²) in [6.07, 6.45) is 1.14. The fraction of sp³-hybridized carbons (Fsp3) is 0.115. The molecule has 0 spiro atoms. The van der Waals surface area contributed by atoms with Crippen LogP contribution in [0.25, 0.3) is 10.9 Å². The highest BCUT2D eigenvalue weighted by Crippen LogP contribution is 2.42. The lowest BCUT2D eigenvalue weighted by Gasteiger charge is -2.17. The molecule has 8 nitrogen and oxygen atoms in total. The molecule has 166 valence electrons. The molecule has 3 aromatic carbocycles. The summed E-state index contributed by atoms with van der Waals surface area (Å²) < 4.78 is 11.5. The van der Waals surface area contributed by atoms with Crippen LogP contribution in [-0.2, 0) is 6.61 Å². The number of nitro groups is 1. The molecule has 0 fully saturated rings. The highest BCUT2D eigenvalue weighted by atomic mass is 16.6. The molecule has 1 atom stereocenters. The third-order valence-corrected chi connectivity index (χ3v) is 5.41. The topological polar surface area (TPSA) is 122 Å². The Kier molecular flexibility index (Phi) is 6.33. The highest BCUT2D eigenvalue weighted by Gasteiger charge is 2.29. The highest BCUT2D eigenvalue weighted by molar-refractivity contribution is 5.93. The van der Waals surface area contributed by atoms with E-state index in [2.05, 4.69) is 11.1 Å². The van der Waals surface area contributed by atoms with Crippen LogP contribution >= 0.6 is 0 Å². The first-order valence-corrected chi connectivity index (χ1v) is 10.3. The third-order valence-electron chi connectivity index (χ3n) is 5.41. The third kappa shape index (κ3) is 4.21. The summed E-state index contributed by atoms with van der Waals surface area (Å²) in [5, 5.41) is 31.4. The number of pyridine rings is 1. The lowest BCUT2D eigenvalue weighted by atomic mass is 9.88. The van der Waals surface area contributed by atoms with Gasteiger partial charge in [-0.25, -0.2) is 4.98 Å². The summed E-state index contributed by atoms with van der Waals surface area (Å²) in [5.74, 6) is -0.215. The minimum Gasteiger partial charge on any atom is -0.493 e. The first-order valence-electron chi connectivity index (χ1n) is 10.3. The van der Waals surface area contributed by atoms with E-state index in [9.17, 15) is 15.4 Å². The number of fused-ring (bicyclic) bond motifs is 1. The summed E-state index contributed by atoms with van der Waals surface area (Å²) in [6.45, 7) is 0.238. The SMILES string of the molecule is COc1ccc2c(C(C#N)c3ccc(C#N)cc3)c([N+](=O)[O-])cnc2c1OCc1ccccc1. The van der Waals surface area contributed by atoms with Gasteiger partial charge in [0.1, 0.15) is 24.2 Å². The van der Waals surface area contributed by atoms with E-state index in [0.29, 0.717) is 33.5 Å². The second-order valence-corrected chi connectivity index (χ2v) is 7.38. The smallest absolute Gasteiger partial charge is 0.293 e. The molecule has 1 heterocycles. The summed E-state index contributed by atoms with van der Waals surface area (Å²) in [6, 6.07) is 23.4. The maximum absolute atomic E-state index is 11.9. The standard InChI is InChI=1S/C26H18N4O4/c1-33-23-12-11-20-24(21(14-28)19-9-7-17(13-27)8-10-19)22(30(31)32)15-29-25(20)26(23)34-16-18-5-3-2-4-6-18/h2-12,15,21H,16H2,1H3. The van der Waals surface area contributed by atoms with Gasteiger partial charge in [-0.05, 0) is 35.4 Å². The lowest BCUT2D eigenvalue weighted by Crippen LogP contribution is -2.07. The van der Waals surface area contributed by atoms with Crippen LogP contribution in [0.1, 0.15) is 28.2 Å². The van der Waals surface area contributed by atoms with Crippen molar-refractivity contribution in [3.63, 3.8) is 0 Å². The molecule has 0 bridgehead atoms. The lowest BCUT2D eigenvalue weighted by molar-refractivity contribution is -0.385. The van der Waals surface area contributed by atoms with Gasteiger partial charge in [0, 0.05) is 5.39 Å². The van der Waals surface area contributed by atoms with Crippen LogP contribution < -0.4 is 9.47 Å². The van der Waals surface area contributed by atoms with E-state index in [4.69, 9.17) is 14.7 Å². The summed E-state index contributed by atoms with van der Waals surface area (Å²) in [7, 11) is 1.50. The van der Waals surface area contributed by atoms with Gasteiger partial charge in [-0.3, -0.25) is 10.1 Å². The Labute approximate surface area is 195 Å². The molecule has 34 heavy (non-hydrogen) atoms. The molecule has 0 radical (unpaired) electrons. The van der Waals surface area contributed by atoms with E-state index >= 15 is 0 Å². The zero-order chi connectivity index (χ0) is 24.1. The molecule has 8 heteroatoms. The summed E-state index contributed by atoms with van der Waals surface area (Å²) >= 11 is 0. The first-order chi connectivity index (χ1) is 16.6. The van der Waals surface area contributed by atoms with Crippen molar-refractivity contribution in [1.82, 2.24) is 4.98 Å². The predicted molar refractivity (Wildman–Crippen MR) is 124 cm³/mol. The fourth-order valence-electron chi connectivity index (χ4n) is 3.77. The van der Waals surface area contributed by atoms with Gasteiger partial charge in [0.25, 0.3) is 5.69 Å². The number of rotatable bonds is 7. The van der Waals surface area contributed by atoms with Crippen LogP contribution in [0.2, 0.25) is 0 Å². The number of aromatic nitrogens is 1. The molecule has 0 aliphatic rings. The Morgan fingerprint density at radius 2 is 1.79 bits per heavy atom. The molecule has 0 aliphatic carbocycles. The van der Waals surface area contributed by atoms with Gasteiger partial charge in [0.05, 0.1) is 35.3 Å². The molecular weight excluding hydrogens is 432 g/mol. The fourth-order valence-corrected chi connectivity index (χ4v) is 3.77. The van der Waals surface area contributed by atoms with E-state index in [1.165, 1.54) is 7.11 Å². The van der Waals surface area contributed by atoms with Gasteiger partial charge in [0.15, 0.2) is 11.5 Å². The monoisotopic (exact) mass is 450 g/mol. The molecule has 0 aliphatic heterocycles. The first kappa shape index (κ1) is 22.3. The van der Waals surface area contributed by atoms with Gasteiger partial charge < -0.3 is 9.47 Å². The normalized spacial score (nSPS) is 11.3. The van der Waals surface area contributed by atoms with E-state index in [1.54, 1.807) is 36.4 Å². The van der Waals surface area contributed by atoms with Crippen LogP contribution in [0, 0.1) is 32.8 Å². The number of hydrogen-bond acceptors (Lipinski definition) is 7. The molecule has 1 unspecified atom stereocenters. The maximum Gasteiger partial charge on any atom is 0.293 e. The maximum atomic E-state index is 11.9. The van der Waals surface area contributed by atoms with Crippen LogP contribution in [0.3, 0.4) is 0 Å². The van der Waals surface area contributed by atoms with Crippen LogP contribution in [-0.4, -0.2) is 17.0 Å².